The Morgan fingerprint density at radius 3 is 2.62 bits per heavy atom. The van der Waals surface area contributed by atoms with Gasteiger partial charge in [0, 0.05) is 38.3 Å². The molecule has 1 fully saturated rings. The first-order valence-corrected chi connectivity index (χ1v) is 9.61. The molecule has 29 heavy (non-hydrogen) atoms. The summed E-state index contributed by atoms with van der Waals surface area (Å²) in [6, 6.07) is 13.8. The molecule has 1 aliphatic rings. The minimum absolute atomic E-state index is 0.0473. The number of anilines is 1. The summed E-state index contributed by atoms with van der Waals surface area (Å²) < 4.78 is 19.6. The number of methoxy groups -OCH3 is 1. The molecule has 0 radical (unpaired) electrons. The fourth-order valence-electron chi connectivity index (χ4n) is 3.53. The number of ether oxygens (including phenoxy) is 1. The maximum atomic E-state index is 14.2. The molecule has 1 amide bonds. The molecule has 7 heteroatoms. The molecule has 1 unspecified atom stereocenters. The largest absolute Gasteiger partial charge is 0.496 e. The van der Waals surface area contributed by atoms with Crippen molar-refractivity contribution in [1.82, 2.24) is 10.2 Å². The van der Waals surface area contributed by atoms with Crippen molar-refractivity contribution in [2.75, 3.05) is 38.2 Å². The first-order valence-electron chi connectivity index (χ1n) is 9.61. The van der Waals surface area contributed by atoms with Gasteiger partial charge in [0.1, 0.15) is 11.6 Å². The Labute approximate surface area is 170 Å². The van der Waals surface area contributed by atoms with E-state index in [-0.39, 0.29) is 17.8 Å². The van der Waals surface area contributed by atoms with Crippen LogP contribution in [0.2, 0.25) is 0 Å². The van der Waals surface area contributed by atoms with E-state index >= 15 is 0 Å². The molecule has 1 heterocycles. The predicted molar refractivity (Wildman–Crippen MR) is 109 cm³/mol. The van der Waals surface area contributed by atoms with Crippen LogP contribution >= 0.6 is 0 Å². The highest BCUT2D eigenvalue weighted by Gasteiger charge is 2.26. The molecule has 3 rings (SSSR count). The minimum Gasteiger partial charge on any atom is -0.496 e. The van der Waals surface area contributed by atoms with Gasteiger partial charge in [0.25, 0.3) is 0 Å². The van der Waals surface area contributed by atoms with Gasteiger partial charge in [0.2, 0.25) is 5.91 Å². The van der Waals surface area contributed by atoms with Crippen LogP contribution in [0, 0.1) is 17.1 Å². The molecular formula is C22H25FN4O2. The van der Waals surface area contributed by atoms with E-state index in [0.717, 1.165) is 11.3 Å². The number of hydrogen-bond acceptors (Lipinski definition) is 5. The highest BCUT2D eigenvalue weighted by Crippen LogP contribution is 2.22. The molecule has 0 bridgehead atoms. The number of piperazine rings is 1. The third kappa shape index (κ3) is 4.84. The highest BCUT2D eigenvalue weighted by atomic mass is 19.1. The number of benzene rings is 2. The van der Waals surface area contributed by atoms with Crippen LogP contribution in [-0.2, 0) is 11.3 Å². The van der Waals surface area contributed by atoms with Crippen molar-refractivity contribution in [2.24, 2.45) is 0 Å². The molecule has 152 valence electrons. The lowest BCUT2D eigenvalue weighted by Gasteiger charge is -2.38. The van der Waals surface area contributed by atoms with Gasteiger partial charge < -0.3 is 15.0 Å². The smallest absolute Gasteiger partial charge is 0.237 e. The number of rotatable bonds is 6. The molecule has 6 nitrogen and oxygen atoms in total. The number of halogens is 1. The van der Waals surface area contributed by atoms with Crippen LogP contribution in [0.15, 0.2) is 42.5 Å². The quantitative estimate of drug-likeness (QED) is 0.813. The molecule has 0 spiro atoms. The summed E-state index contributed by atoms with van der Waals surface area (Å²) in [5.74, 6) is 0.313. The first-order chi connectivity index (χ1) is 14.0. The maximum absolute atomic E-state index is 14.2. The molecule has 1 N–H and O–H groups in total. The second kappa shape index (κ2) is 9.39. The molecule has 0 aromatic heterocycles. The Bertz CT molecular complexity index is 904. The SMILES string of the molecule is COc1ccccc1CNC(=O)C(C)N1CCN(c2ccc(C#N)cc2F)CC1. The van der Waals surface area contributed by atoms with E-state index in [0.29, 0.717) is 44.0 Å². The zero-order valence-electron chi connectivity index (χ0n) is 16.7. The Kier molecular flexibility index (Phi) is 6.68. The fraction of sp³-hybridized carbons (Fsp3) is 0.364. The van der Waals surface area contributed by atoms with Crippen LogP contribution in [0.5, 0.6) is 5.75 Å². The van der Waals surface area contributed by atoms with Crippen molar-refractivity contribution < 1.29 is 13.9 Å². The van der Waals surface area contributed by atoms with Crippen molar-refractivity contribution in [3.63, 3.8) is 0 Å². The van der Waals surface area contributed by atoms with E-state index < -0.39 is 0 Å². The lowest BCUT2D eigenvalue weighted by atomic mass is 10.1. The summed E-state index contributed by atoms with van der Waals surface area (Å²) in [6.07, 6.45) is 0. The van der Waals surface area contributed by atoms with Crippen LogP contribution in [0.1, 0.15) is 18.1 Å². The molecule has 0 saturated carbocycles. The first kappa shape index (κ1) is 20.6. The number of hydrogen-bond donors (Lipinski definition) is 1. The van der Waals surface area contributed by atoms with E-state index in [1.807, 2.05) is 42.2 Å². The molecular weight excluding hydrogens is 371 g/mol. The lowest BCUT2D eigenvalue weighted by molar-refractivity contribution is -0.126. The average molecular weight is 396 g/mol. The van der Waals surface area contributed by atoms with Crippen molar-refractivity contribution in [1.29, 1.82) is 5.26 Å². The molecule has 1 aliphatic heterocycles. The topological polar surface area (TPSA) is 68.6 Å². The van der Waals surface area contributed by atoms with Crippen LogP contribution in [0.25, 0.3) is 0 Å². The Hall–Kier alpha value is -3.11. The Balaban J connectivity index is 1.53. The van der Waals surface area contributed by atoms with Gasteiger partial charge in [0.15, 0.2) is 0 Å². The van der Waals surface area contributed by atoms with E-state index in [1.165, 1.54) is 6.07 Å². The van der Waals surface area contributed by atoms with Crippen LogP contribution < -0.4 is 15.0 Å². The van der Waals surface area contributed by atoms with Crippen molar-refractivity contribution >= 4 is 11.6 Å². The number of nitrogens with zero attached hydrogens (tertiary/aromatic N) is 3. The zero-order chi connectivity index (χ0) is 20.8. The number of nitrogens with one attached hydrogen (secondary N) is 1. The number of carbonyl (C=O) groups excluding carboxylic acids is 1. The molecule has 1 saturated heterocycles. The summed E-state index contributed by atoms with van der Waals surface area (Å²) in [6.45, 7) is 4.84. The summed E-state index contributed by atoms with van der Waals surface area (Å²) in [7, 11) is 1.61. The van der Waals surface area contributed by atoms with Gasteiger partial charge in [0.05, 0.1) is 30.5 Å². The van der Waals surface area contributed by atoms with Crippen LogP contribution in [-0.4, -0.2) is 50.1 Å². The van der Waals surface area contributed by atoms with Gasteiger partial charge in [-0.25, -0.2) is 4.39 Å². The average Bonchev–Trinajstić information content (AvgIpc) is 2.77. The van der Waals surface area contributed by atoms with Crippen LogP contribution in [0.3, 0.4) is 0 Å². The second-order valence-electron chi connectivity index (χ2n) is 7.01. The standard InChI is InChI=1S/C22H25FN4O2/c1-16(22(28)25-15-18-5-3-4-6-21(18)29-2)26-9-11-27(12-10-26)20-8-7-17(14-24)13-19(20)23/h3-8,13,16H,9-12,15H2,1-2H3,(H,25,28). The lowest BCUT2D eigenvalue weighted by Crippen LogP contribution is -2.54. The normalized spacial score (nSPS) is 15.4. The Morgan fingerprint density at radius 2 is 1.97 bits per heavy atom. The third-order valence-corrected chi connectivity index (χ3v) is 5.30. The van der Waals surface area contributed by atoms with E-state index in [2.05, 4.69) is 10.2 Å². The molecule has 1 atom stereocenters. The predicted octanol–water partition coefficient (Wildman–Crippen LogP) is 2.53. The van der Waals surface area contributed by atoms with Crippen molar-refractivity contribution in [3.8, 4) is 11.8 Å². The van der Waals surface area contributed by atoms with Gasteiger partial charge in [-0.3, -0.25) is 9.69 Å². The second-order valence-corrected chi connectivity index (χ2v) is 7.01. The number of nitriles is 1. The number of amides is 1. The highest BCUT2D eigenvalue weighted by molar-refractivity contribution is 5.81. The van der Waals surface area contributed by atoms with Gasteiger partial charge >= 0.3 is 0 Å². The number of carbonyl (C=O) groups is 1. The summed E-state index contributed by atoms with van der Waals surface area (Å²) in [5.41, 5.74) is 1.74. The maximum Gasteiger partial charge on any atom is 0.237 e. The monoisotopic (exact) mass is 396 g/mol. The number of para-hydroxylation sites is 1. The summed E-state index contributed by atoms with van der Waals surface area (Å²) >= 11 is 0. The van der Waals surface area contributed by atoms with E-state index in [9.17, 15) is 9.18 Å². The molecule has 0 aliphatic carbocycles. The van der Waals surface area contributed by atoms with Crippen molar-refractivity contribution in [2.45, 2.75) is 19.5 Å². The molecule has 2 aromatic rings. The molecule has 2 aromatic carbocycles. The van der Waals surface area contributed by atoms with Gasteiger partial charge in [-0.2, -0.15) is 5.26 Å². The zero-order valence-corrected chi connectivity index (χ0v) is 16.7. The van der Waals surface area contributed by atoms with Crippen molar-refractivity contribution in [3.05, 3.63) is 59.4 Å². The summed E-state index contributed by atoms with van der Waals surface area (Å²) in [5, 5.41) is 11.8. The fourth-order valence-corrected chi connectivity index (χ4v) is 3.53. The third-order valence-electron chi connectivity index (χ3n) is 5.30. The minimum atomic E-state index is -0.389. The Morgan fingerprint density at radius 1 is 1.24 bits per heavy atom. The van der Waals surface area contributed by atoms with E-state index in [4.69, 9.17) is 10.00 Å². The van der Waals surface area contributed by atoms with Gasteiger partial charge in [-0.05, 0) is 31.2 Å². The van der Waals surface area contributed by atoms with E-state index in [1.54, 1.807) is 19.2 Å². The van der Waals surface area contributed by atoms with Gasteiger partial charge in [-0.15, -0.1) is 0 Å². The summed E-state index contributed by atoms with van der Waals surface area (Å²) in [4.78, 5) is 16.6. The van der Waals surface area contributed by atoms with Crippen LogP contribution in [0.4, 0.5) is 10.1 Å². The van der Waals surface area contributed by atoms with Gasteiger partial charge in [-0.1, -0.05) is 18.2 Å².